The average Bonchev–Trinajstić information content (AvgIpc) is 3.06. The topological polar surface area (TPSA) is 93.7 Å². The normalized spacial score (nSPS) is 15.0. The number of thiophene rings is 1. The second kappa shape index (κ2) is 8.47. The van der Waals surface area contributed by atoms with Crippen LogP contribution in [-0.2, 0) is 21.4 Å². The van der Waals surface area contributed by atoms with Gasteiger partial charge in [0.15, 0.2) is 11.5 Å². The highest BCUT2D eigenvalue weighted by Gasteiger charge is 2.23. The zero-order valence-electron chi connectivity index (χ0n) is 14.5. The Labute approximate surface area is 166 Å². The minimum atomic E-state index is -3.72. The van der Waals surface area contributed by atoms with Crippen molar-refractivity contribution in [3.63, 3.8) is 0 Å². The van der Waals surface area contributed by atoms with Crippen LogP contribution in [0.4, 0.5) is 0 Å². The molecule has 7 nitrogen and oxygen atoms in total. The molecule has 0 saturated heterocycles. The molecule has 0 radical (unpaired) electrons. The van der Waals surface area contributed by atoms with Gasteiger partial charge in [-0.3, -0.25) is 4.79 Å². The third-order valence-corrected chi connectivity index (χ3v) is 7.03. The molecular formula is C17H19ClN2O5S2. The molecule has 146 valence electrons. The number of ether oxygens (including phenoxy) is 2. The van der Waals surface area contributed by atoms with Gasteiger partial charge in [0.2, 0.25) is 5.91 Å². The number of carbonyl (C=O) groups is 1. The Morgan fingerprint density at radius 3 is 2.85 bits per heavy atom. The molecule has 1 unspecified atom stereocenters. The van der Waals surface area contributed by atoms with E-state index in [0.717, 1.165) is 23.3 Å². The third-order valence-electron chi connectivity index (χ3n) is 3.81. The Kier molecular flexibility index (Phi) is 6.25. The van der Waals surface area contributed by atoms with Gasteiger partial charge in [0, 0.05) is 13.0 Å². The number of amides is 1. The maximum absolute atomic E-state index is 12.3. The molecule has 27 heavy (non-hydrogen) atoms. The van der Waals surface area contributed by atoms with Crippen LogP contribution in [0.1, 0.15) is 18.9 Å². The van der Waals surface area contributed by atoms with Crippen LogP contribution in [0.25, 0.3) is 0 Å². The lowest BCUT2D eigenvalue weighted by molar-refractivity contribution is -0.122. The number of sulfonamides is 1. The monoisotopic (exact) mass is 430 g/mol. The molecule has 1 aliphatic heterocycles. The van der Waals surface area contributed by atoms with Gasteiger partial charge < -0.3 is 14.8 Å². The van der Waals surface area contributed by atoms with E-state index in [-0.39, 0.29) is 10.8 Å². The van der Waals surface area contributed by atoms with E-state index in [1.807, 2.05) is 0 Å². The molecule has 2 heterocycles. The second-order valence-corrected chi connectivity index (χ2v) is 9.24. The van der Waals surface area contributed by atoms with Crippen molar-refractivity contribution < 1.29 is 22.7 Å². The van der Waals surface area contributed by atoms with Gasteiger partial charge in [-0.1, -0.05) is 17.7 Å². The first-order valence-electron chi connectivity index (χ1n) is 8.28. The Balaban J connectivity index is 1.62. The van der Waals surface area contributed by atoms with Gasteiger partial charge in [0.1, 0.15) is 4.21 Å². The minimum Gasteiger partial charge on any atom is -0.489 e. The van der Waals surface area contributed by atoms with Gasteiger partial charge in [0.25, 0.3) is 10.0 Å². The first kappa shape index (κ1) is 19.9. The quantitative estimate of drug-likeness (QED) is 0.734. The summed E-state index contributed by atoms with van der Waals surface area (Å²) >= 11 is 7.32. The van der Waals surface area contributed by atoms with Gasteiger partial charge in [-0.25, -0.2) is 8.42 Å². The fraction of sp³-hybridized carbons (Fsp3) is 0.353. The van der Waals surface area contributed by atoms with Crippen LogP contribution in [-0.4, -0.2) is 33.6 Å². The molecule has 1 atom stereocenters. The number of halogens is 1. The molecule has 1 aromatic heterocycles. The van der Waals surface area contributed by atoms with E-state index in [4.69, 9.17) is 21.1 Å². The molecule has 0 fully saturated rings. The smallest absolute Gasteiger partial charge is 0.250 e. The van der Waals surface area contributed by atoms with E-state index in [9.17, 15) is 13.2 Å². The summed E-state index contributed by atoms with van der Waals surface area (Å²) in [6, 6.07) is 5.64. The minimum absolute atomic E-state index is 0.164. The van der Waals surface area contributed by atoms with Crippen molar-refractivity contribution in [1.82, 2.24) is 10.0 Å². The van der Waals surface area contributed by atoms with E-state index < -0.39 is 22.0 Å². The Bertz CT molecular complexity index is 916. The Morgan fingerprint density at radius 1 is 1.33 bits per heavy atom. The molecule has 1 amide bonds. The zero-order valence-corrected chi connectivity index (χ0v) is 16.9. The predicted octanol–water partition coefficient (Wildman–Crippen LogP) is 2.55. The van der Waals surface area contributed by atoms with Crippen LogP contribution in [0.5, 0.6) is 11.5 Å². The largest absolute Gasteiger partial charge is 0.489 e. The third kappa shape index (κ3) is 4.92. The number of benzene rings is 1. The van der Waals surface area contributed by atoms with Crippen LogP contribution < -0.4 is 19.5 Å². The highest BCUT2D eigenvalue weighted by atomic mass is 35.5. The van der Waals surface area contributed by atoms with Crippen molar-refractivity contribution >= 4 is 38.9 Å². The lowest BCUT2D eigenvalue weighted by atomic mass is 10.2. The maximum Gasteiger partial charge on any atom is 0.250 e. The standard InChI is InChI=1S/C17H19ClN2O5S2/c1-11(20-27(22,23)15-4-2-7-26-15)17(21)19-10-12-8-13(18)16-14(9-12)24-5-3-6-25-16/h2,4,7-9,11,20H,3,5-6,10H2,1H3,(H,19,21). The van der Waals surface area contributed by atoms with E-state index in [2.05, 4.69) is 10.0 Å². The van der Waals surface area contributed by atoms with Gasteiger partial charge >= 0.3 is 0 Å². The molecule has 2 aromatic rings. The lowest BCUT2D eigenvalue weighted by Gasteiger charge is -2.15. The summed E-state index contributed by atoms with van der Waals surface area (Å²) in [5.41, 5.74) is 0.728. The van der Waals surface area contributed by atoms with Gasteiger partial charge in [-0.2, -0.15) is 4.72 Å². The highest BCUT2D eigenvalue weighted by Crippen LogP contribution is 2.37. The van der Waals surface area contributed by atoms with Gasteiger partial charge in [0.05, 0.1) is 24.3 Å². The number of fused-ring (bicyclic) bond motifs is 1. The summed E-state index contributed by atoms with van der Waals surface area (Å²) in [5.74, 6) is 0.593. The van der Waals surface area contributed by atoms with E-state index in [1.165, 1.54) is 13.0 Å². The summed E-state index contributed by atoms with van der Waals surface area (Å²) < 4.78 is 38.1. The van der Waals surface area contributed by atoms with Crippen LogP contribution in [0.3, 0.4) is 0 Å². The van der Waals surface area contributed by atoms with E-state index in [0.29, 0.717) is 29.7 Å². The van der Waals surface area contributed by atoms with Crippen LogP contribution in [0.2, 0.25) is 5.02 Å². The number of hydrogen-bond donors (Lipinski definition) is 2. The second-order valence-electron chi connectivity index (χ2n) is 5.95. The zero-order chi connectivity index (χ0) is 19.4. The van der Waals surface area contributed by atoms with Gasteiger partial charge in [-0.05, 0) is 36.1 Å². The van der Waals surface area contributed by atoms with E-state index in [1.54, 1.807) is 23.6 Å². The fourth-order valence-corrected chi connectivity index (χ4v) is 4.99. The number of hydrogen-bond acceptors (Lipinski definition) is 6. The van der Waals surface area contributed by atoms with Crippen molar-refractivity contribution in [2.75, 3.05) is 13.2 Å². The van der Waals surface area contributed by atoms with Crippen molar-refractivity contribution in [1.29, 1.82) is 0 Å². The van der Waals surface area contributed by atoms with Crippen molar-refractivity contribution in [2.24, 2.45) is 0 Å². The summed E-state index contributed by atoms with van der Waals surface area (Å²) in [6.45, 7) is 2.73. The molecule has 1 aromatic carbocycles. The lowest BCUT2D eigenvalue weighted by Crippen LogP contribution is -2.44. The molecule has 10 heteroatoms. The van der Waals surface area contributed by atoms with Crippen molar-refractivity contribution in [3.8, 4) is 11.5 Å². The molecule has 1 aliphatic rings. The summed E-state index contributed by atoms with van der Waals surface area (Å²) in [5, 5.41) is 4.77. The number of rotatable bonds is 6. The van der Waals surface area contributed by atoms with Crippen LogP contribution in [0, 0.1) is 0 Å². The van der Waals surface area contributed by atoms with Crippen molar-refractivity contribution in [2.45, 2.75) is 30.1 Å². The predicted molar refractivity (Wildman–Crippen MR) is 103 cm³/mol. The fourth-order valence-electron chi connectivity index (χ4n) is 2.49. The van der Waals surface area contributed by atoms with Crippen LogP contribution in [0.15, 0.2) is 33.9 Å². The van der Waals surface area contributed by atoms with E-state index >= 15 is 0 Å². The molecule has 0 saturated carbocycles. The Morgan fingerprint density at radius 2 is 2.11 bits per heavy atom. The van der Waals surface area contributed by atoms with Gasteiger partial charge in [-0.15, -0.1) is 11.3 Å². The Hall–Kier alpha value is -1.81. The highest BCUT2D eigenvalue weighted by molar-refractivity contribution is 7.91. The summed E-state index contributed by atoms with van der Waals surface area (Å²) in [4.78, 5) is 12.3. The molecule has 0 spiro atoms. The summed E-state index contributed by atoms with van der Waals surface area (Å²) in [6.07, 6.45) is 0.763. The average molecular weight is 431 g/mol. The van der Waals surface area contributed by atoms with Crippen molar-refractivity contribution in [3.05, 3.63) is 40.2 Å². The molecule has 0 bridgehead atoms. The SMILES string of the molecule is CC(NS(=O)(=O)c1cccs1)C(=O)NCc1cc(Cl)c2c(c1)OCCCO2. The molecule has 0 aliphatic carbocycles. The first-order valence-corrected chi connectivity index (χ1v) is 11.0. The maximum atomic E-state index is 12.3. The molecule has 2 N–H and O–H groups in total. The molecule has 3 rings (SSSR count). The number of nitrogens with one attached hydrogen (secondary N) is 2. The molecular weight excluding hydrogens is 412 g/mol. The van der Waals surface area contributed by atoms with Crippen LogP contribution >= 0.6 is 22.9 Å². The first-order chi connectivity index (χ1) is 12.9. The number of carbonyl (C=O) groups excluding carboxylic acids is 1. The summed E-state index contributed by atoms with van der Waals surface area (Å²) in [7, 11) is -3.72.